The molecule has 2 saturated heterocycles. The number of fused-ring (bicyclic) bond motifs is 1. The van der Waals surface area contributed by atoms with Crippen molar-refractivity contribution in [2.24, 2.45) is 0 Å². The number of hydrogen-bond acceptors (Lipinski definition) is 7. The molecule has 9 nitrogen and oxygen atoms in total. The highest BCUT2D eigenvalue weighted by molar-refractivity contribution is 9.10. The normalized spacial score (nSPS) is 21.6. The van der Waals surface area contributed by atoms with Crippen LogP contribution in [0.3, 0.4) is 0 Å². The molecule has 2 fully saturated rings. The summed E-state index contributed by atoms with van der Waals surface area (Å²) in [5.74, 6) is 0.843. The molecule has 176 valence electrons. The zero-order valence-electron chi connectivity index (χ0n) is 19.1. The first-order valence-corrected chi connectivity index (χ1v) is 12.2. The van der Waals surface area contributed by atoms with Crippen LogP contribution in [-0.2, 0) is 9.47 Å². The maximum absolute atomic E-state index is 12.6. The Morgan fingerprint density at radius 3 is 2.79 bits per heavy atom. The van der Waals surface area contributed by atoms with E-state index in [2.05, 4.69) is 31.2 Å². The molecule has 0 radical (unpaired) electrons. The van der Waals surface area contributed by atoms with Gasteiger partial charge in [0.05, 0.1) is 5.52 Å². The lowest BCUT2D eigenvalue weighted by Gasteiger charge is -2.27. The molecule has 33 heavy (non-hydrogen) atoms. The lowest BCUT2D eigenvalue weighted by atomic mass is 10.1. The SMILES string of the molecule is CC(C)(C)OC(=O)N1CCCC1c1nnc(-c2ccc3c(c2)c(Br)nn3C2CCCCO2)o1. The van der Waals surface area contributed by atoms with E-state index in [0.29, 0.717) is 18.3 Å². The first kappa shape index (κ1) is 22.3. The van der Waals surface area contributed by atoms with E-state index in [1.807, 2.05) is 43.7 Å². The average molecular weight is 518 g/mol. The van der Waals surface area contributed by atoms with Gasteiger partial charge in [-0.1, -0.05) is 0 Å². The largest absolute Gasteiger partial charge is 0.444 e. The van der Waals surface area contributed by atoms with Crippen LogP contribution in [0.1, 0.15) is 71.0 Å². The van der Waals surface area contributed by atoms with Crippen LogP contribution < -0.4 is 0 Å². The van der Waals surface area contributed by atoms with E-state index >= 15 is 0 Å². The van der Waals surface area contributed by atoms with E-state index in [-0.39, 0.29) is 18.4 Å². The van der Waals surface area contributed by atoms with Crippen molar-refractivity contribution < 1.29 is 18.7 Å². The van der Waals surface area contributed by atoms with Crippen molar-refractivity contribution in [1.82, 2.24) is 24.9 Å². The van der Waals surface area contributed by atoms with E-state index in [0.717, 1.165) is 59.8 Å². The maximum Gasteiger partial charge on any atom is 0.410 e. The van der Waals surface area contributed by atoms with Gasteiger partial charge in [0.25, 0.3) is 0 Å². The minimum Gasteiger partial charge on any atom is -0.444 e. The summed E-state index contributed by atoms with van der Waals surface area (Å²) in [5.41, 5.74) is 1.23. The van der Waals surface area contributed by atoms with Crippen LogP contribution >= 0.6 is 15.9 Å². The smallest absolute Gasteiger partial charge is 0.410 e. The number of ether oxygens (including phenoxy) is 2. The highest BCUT2D eigenvalue weighted by atomic mass is 79.9. The minimum absolute atomic E-state index is 0.0467. The summed E-state index contributed by atoms with van der Waals surface area (Å²) in [6.07, 6.45) is 4.40. The second-order valence-electron chi connectivity index (χ2n) is 9.57. The van der Waals surface area contributed by atoms with Crippen LogP contribution in [0.4, 0.5) is 4.79 Å². The van der Waals surface area contributed by atoms with Gasteiger partial charge in [0.2, 0.25) is 11.8 Å². The molecule has 2 unspecified atom stereocenters. The van der Waals surface area contributed by atoms with Crippen LogP contribution in [-0.4, -0.2) is 49.7 Å². The van der Waals surface area contributed by atoms with E-state index in [1.54, 1.807) is 4.90 Å². The molecular formula is C23H28BrN5O4. The number of halogens is 1. The standard InChI is InChI=1S/C23H28BrN5O4/c1-23(2,3)33-22(30)28-11-6-7-17(28)21-26-25-20(32-21)14-9-10-16-15(13-14)19(24)27-29(16)18-8-4-5-12-31-18/h9-10,13,17-18H,4-8,11-12H2,1-3H3. The van der Waals surface area contributed by atoms with Gasteiger partial charge in [-0.3, -0.25) is 4.90 Å². The van der Waals surface area contributed by atoms with Crippen LogP contribution in [0.25, 0.3) is 22.4 Å². The van der Waals surface area contributed by atoms with E-state index < -0.39 is 5.60 Å². The summed E-state index contributed by atoms with van der Waals surface area (Å²) in [4.78, 5) is 14.3. The number of aromatic nitrogens is 4. The number of likely N-dealkylation sites (tertiary alicyclic amines) is 1. The molecule has 0 bridgehead atoms. The summed E-state index contributed by atoms with van der Waals surface area (Å²) in [6.45, 7) is 6.94. The predicted octanol–water partition coefficient (Wildman–Crippen LogP) is 5.62. The van der Waals surface area contributed by atoms with Gasteiger partial charge in [-0.05, 0) is 87.0 Å². The van der Waals surface area contributed by atoms with Gasteiger partial charge in [0.15, 0.2) is 6.23 Å². The van der Waals surface area contributed by atoms with Crippen LogP contribution in [0, 0.1) is 0 Å². The molecule has 2 aliphatic rings. The Morgan fingerprint density at radius 2 is 2.03 bits per heavy atom. The molecule has 0 N–H and O–H groups in total. The zero-order valence-corrected chi connectivity index (χ0v) is 20.7. The predicted molar refractivity (Wildman–Crippen MR) is 124 cm³/mol. The van der Waals surface area contributed by atoms with Crippen molar-refractivity contribution in [2.75, 3.05) is 13.2 Å². The molecule has 0 spiro atoms. The zero-order chi connectivity index (χ0) is 23.2. The number of amides is 1. The second-order valence-corrected chi connectivity index (χ2v) is 10.3. The summed E-state index contributed by atoms with van der Waals surface area (Å²) in [7, 11) is 0. The Balaban J connectivity index is 1.40. The molecule has 10 heteroatoms. The molecule has 1 amide bonds. The summed E-state index contributed by atoms with van der Waals surface area (Å²) in [5, 5.41) is 14.2. The molecule has 0 saturated carbocycles. The third kappa shape index (κ3) is 4.50. The van der Waals surface area contributed by atoms with Crippen molar-refractivity contribution in [3.63, 3.8) is 0 Å². The Hall–Kier alpha value is -2.46. The molecule has 2 aliphatic heterocycles. The highest BCUT2D eigenvalue weighted by Crippen LogP contribution is 2.36. The van der Waals surface area contributed by atoms with E-state index in [9.17, 15) is 4.79 Å². The lowest BCUT2D eigenvalue weighted by Crippen LogP contribution is -2.36. The third-order valence-electron chi connectivity index (χ3n) is 5.94. The number of carbonyl (C=O) groups is 1. The fraction of sp³-hybridized carbons (Fsp3) is 0.565. The van der Waals surface area contributed by atoms with Gasteiger partial charge >= 0.3 is 6.09 Å². The molecule has 3 aromatic rings. The number of benzene rings is 1. The number of hydrogen-bond donors (Lipinski definition) is 0. The van der Waals surface area contributed by atoms with Crippen LogP contribution in [0.2, 0.25) is 0 Å². The Labute approximate surface area is 200 Å². The lowest BCUT2D eigenvalue weighted by molar-refractivity contribution is -0.0368. The quantitative estimate of drug-likeness (QED) is 0.444. The summed E-state index contributed by atoms with van der Waals surface area (Å²) >= 11 is 3.59. The molecule has 2 atom stereocenters. The number of nitrogens with zero attached hydrogens (tertiary/aromatic N) is 5. The van der Waals surface area contributed by atoms with Crippen molar-refractivity contribution in [1.29, 1.82) is 0 Å². The Kier molecular flexibility index (Phi) is 5.90. The van der Waals surface area contributed by atoms with Crippen molar-refractivity contribution in [2.45, 2.75) is 70.7 Å². The number of carbonyl (C=O) groups excluding carboxylic acids is 1. The summed E-state index contributed by atoms with van der Waals surface area (Å²) < 4.78 is 20.2. The fourth-order valence-corrected chi connectivity index (χ4v) is 4.91. The highest BCUT2D eigenvalue weighted by Gasteiger charge is 2.36. The molecule has 2 aromatic heterocycles. The second kappa shape index (κ2) is 8.72. The molecule has 5 rings (SSSR count). The molecule has 4 heterocycles. The molecular weight excluding hydrogens is 490 g/mol. The van der Waals surface area contributed by atoms with Crippen molar-refractivity contribution in [3.8, 4) is 11.5 Å². The topological polar surface area (TPSA) is 95.5 Å². The minimum atomic E-state index is -0.555. The average Bonchev–Trinajstić information content (AvgIpc) is 3.51. The number of rotatable bonds is 3. The first-order chi connectivity index (χ1) is 15.8. The van der Waals surface area contributed by atoms with E-state index in [1.165, 1.54) is 0 Å². The van der Waals surface area contributed by atoms with Crippen LogP contribution in [0.15, 0.2) is 27.2 Å². The van der Waals surface area contributed by atoms with Gasteiger partial charge in [-0.15, -0.1) is 10.2 Å². The monoisotopic (exact) mass is 517 g/mol. The maximum atomic E-state index is 12.6. The van der Waals surface area contributed by atoms with Gasteiger partial charge < -0.3 is 13.9 Å². The Bertz CT molecular complexity index is 1160. The first-order valence-electron chi connectivity index (χ1n) is 11.4. The van der Waals surface area contributed by atoms with E-state index in [4.69, 9.17) is 13.9 Å². The van der Waals surface area contributed by atoms with Gasteiger partial charge in [0.1, 0.15) is 16.2 Å². The molecule has 1 aromatic carbocycles. The van der Waals surface area contributed by atoms with Crippen molar-refractivity contribution in [3.05, 3.63) is 28.7 Å². The van der Waals surface area contributed by atoms with Crippen LogP contribution in [0.5, 0.6) is 0 Å². The van der Waals surface area contributed by atoms with Gasteiger partial charge in [0, 0.05) is 24.1 Å². The Morgan fingerprint density at radius 1 is 1.18 bits per heavy atom. The van der Waals surface area contributed by atoms with Crippen molar-refractivity contribution >= 4 is 32.9 Å². The summed E-state index contributed by atoms with van der Waals surface area (Å²) in [6, 6.07) is 5.67. The fourth-order valence-electron chi connectivity index (χ4n) is 4.42. The van der Waals surface area contributed by atoms with Gasteiger partial charge in [-0.2, -0.15) is 5.10 Å². The third-order valence-corrected chi connectivity index (χ3v) is 6.53. The van der Waals surface area contributed by atoms with Gasteiger partial charge in [-0.25, -0.2) is 9.48 Å². The molecule has 0 aliphatic carbocycles.